The van der Waals surface area contributed by atoms with E-state index in [1.807, 2.05) is 13.0 Å². The van der Waals surface area contributed by atoms with Crippen LogP contribution in [0.3, 0.4) is 0 Å². The first kappa shape index (κ1) is 15.6. The first-order valence-electron chi connectivity index (χ1n) is 6.17. The van der Waals surface area contributed by atoms with Gasteiger partial charge in [-0.1, -0.05) is 35.5 Å². The number of halogens is 1. The summed E-state index contributed by atoms with van der Waals surface area (Å²) in [4.78, 5) is 24.3. The van der Waals surface area contributed by atoms with Crippen molar-refractivity contribution in [1.82, 2.24) is 0 Å². The highest BCUT2D eigenvalue weighted by Gasteiger charge is 2.16. The van der Waals surface area contributed by atoms with Crippen LogP contribution in [0.25, 0.3) is 0 Å². The Labute approximate surface area is 132 Å². The highest BCUT2D eigenvalue weighted by Crippen LogP contribution is 2.38. The topological polar surface area (TPSA) is 43.4 Å². The van der Waals surface area contributed by atoms with Crippen molar-refractivity contribution in [2.75, 3.05) is 7.11 Å². The summed E-state index contributed by atoms with van der Waals surface area (Å²) in [7, 11) is 1.33. The van der Waals surface area contributed by atoms with Gasteiger partial charge < -0.3 is 4.74 Å². The molecule has 0 N–H and O–H groups in total. The molecule has 0 aromatic heterocycles. The molecule has 5 heteroatoms. The Morgan fingerprint density at radius 2 is 2.00 bits per heavy atom. The maximum atomic E-state index is 11.8. The minimum absolute atomic E-state index is 0.422. The molecule has 0 amide bonds. The second-order valence-electron chi connectivity index (χ2n) is 4.37. The number of hydrogen-bond acceptors (Lipinski definition) is 4. The molecule has 21 heavy (non-hydrogen) atoms. The van der Waals surface area contributed by atoms with Crippen LogP contribution in [0.1, 0.15) is 26.3 Å². The zero-order valence-corrected chi connectivity index (χ0v) is 13.1. The standard InChI is InChI=1S/C16H13ClO3S/c1-10-7-11(9-18)15(13(17)8-10)21-14-6-4-3-5-12(14)16(19)20-2/h3-9H,1-2H3. The fraction of sp³-hybridized carbons (Fsp3) is 0.125. The van der Waals surface area contributed by atoms with Crippen molar-refractivity contribution >= 4 is 35.6 Å². The third-order valence-corrected chi connectivity index (χ3v) is 4.49. The Hall–Kier alpha value is -1.78. The second-order valence-corrected chi connectivity index (χ2v) is 5.83. The van der Waals surface area contributed by atoms with Crippen LogP contribution in [0.2, 0.25) is 5.02 Å². The van der Waals surface area contributed by atoms with E-state index >= 15 is 0 Å². The lowest BCUT2D eigenvalue weighted by Gasteiger charge is -2.11. The maximum Gasteiger partial charge on any atom is 0.339 e. The molecule has 0 radical (unpaired) electrons. The Kier molecular flexibility index (Phi) is 5.04. The average molecular weight is 321 g/mol. The Morgan fingerprint density at radius 3 is 2.67 bits per heavy atom. The van der Waals surface area contributed by atoms with Crippen LogP contribution >= 0.6 is 23.4 Å². The van der Waals surface area contributed by atoms with Crippen LogP contribution in [0.5, 0.6) is 0 Å². The average Bonchev–Trinajstić information content (AvgIpc) is 2.49. The SMILES string of the molecule is COC(=O)c1ccccc1Sc1c(Cl)cc(C)cc1C=O. The Bertz CT molecular complexity index is 698. The second kappa shape index (κ2) is 6.78. The van der Waals surface area contributed by atoms with E-state index in [1.54, 1.807) is 30.3 Å². The minimum atomic E-state index is -0.422. The normalized spacial score (nSPS) is 10.2. The van der Waals surface area contributed by atoms with E-state index in [0.29, 0.717) is 25.9 Å². The molecular formula is C16H13ClO3S. The van der Waals surface area contributed by atoms with Crippen LogP contribution in [0, 0.1) is 6.92 Å². The van der Waals surface area contributed by atoms with Crippen molar-refractivity contribution in [1.29, 1.82) is 0 Å². The number of hydrogen-bond donors (Lipinski definition) is 0. The number of aryl methyl sites for hydroxylation is 1. The molecule has 2 aromatic carbocycles. The molecule has 0 bridgehead atoms. The molecule has 3 nitrogen and oxygen atoms in total. The molecule has 0 saturated carbocycles. The molecule has 0 aliphatic heterocycles. The molecule has 0 spiro atoms. The Balaban J connectivity index is 2.48. The zero-order valence-electron chi connectivity index (χ0n) is 11.6. The lowest BCUT2D eigenvalue weighted by Crippen LogP contribution is -2.03. The Morgan fingerprint density at radius 1 is 1.29 bits per heavy atom. The quantitative estimate of drug-likeness (QED) is 0.618. The van der Waals surface area contributed by atoms with Crippen molar-refractivity contribution in [2.45, 2.75) is 16.7 Å². The summed E-state index contributed by atoms with van der Waals surface area (Å²) in [5.74, 6) is -0.422. The smallest absolute Gasteiger partial charge is 0.339 e. The molecule has 2 rings (SSSR count). The summed E-state index contributed by atoms with van der Waals surface area (Å²) < 4.78 is 4.77. The third-order valence-electron chi connectivity index (χ3n) is 2.85. The number of ether oxygens (including phenoxy) is 1. The van der Waals surface area contributed by atoms with E-state index in [-0.39, 0.29) is 0 Å². The number of esters is 1. The fourth-order valence-electron chi connectivity index (χ4n) is 1.90. The van der Waals surface area contributed by atoms with Gasteiger partial charge in [0.05, 0.1) is 17.7 Å². The number of rotatable bonds is 4. The molecule has 0 fully saturated rings. The summed E-state index contributed by atoms with van der Waals surface area (Å²) in [5.41, 5.74) is 1.86. The molecule has 0 atom stereocenters. The van der Waals surface area contributed by atoms with Crippen LogP contribution in [0.4, 0.5) is 0 Å². The van der Waals surface area contributed by atoms with Crippen molar-refractivity contribution in [2.24, 2.45) is 0 Å². The first-order chi connectivity index (χ1) is 10.1. The van der Waals surface area contributed by atoms with E-state index in [9.17, 15) is 9.59 Å². The van der Waals surface area contributed by atoms with Gasteiger partial charge in [0.2, 0.25) is 0 Å². The van der Waals surface area contributed by atoms with Gasteiger partial charge in [-0.25, -0.2) is 4.79 Å². The van der Waals surface area contributed by atoms with Gasteiger partial charge in [0.1, 0.15) is 0 Å². The third kappa shape index (κ3) is 3.46. The molecule has 0 unspecified atom stereocenters. The number of carbonyl (C=O) groups excluding carboxylic acids is 2. The number of aldehydes is 1. The van der Waals surface area contributed by atoms with Gasteiger partial charge in [-0.2, -0.15) is 0 Å². The predicted molar refractivity (Wildman–Crippen MR) is 83.5 cm³/mol. The van der Waals surface area contributed by atoms with E-state index in [4.69, 9.17) is 16.3 Å². The summed E-state index contributed by atoms with van der Waals surface area (Å²) in [5, 5.41) is 0.488. The highest BCUT2D eigenvalue weighted by atomic mass is 35.5. The van der Waals surface area contributed by atoms with Crippen LogP contribution in [-0.2, 0) is 4.74 Å². The largest absolute Gasteiger partial charge is 0.465 e. The molecular weight excluding hydrogens is 308 g/mol. The van der Waals surface area contributed by atoms with E-state index in [1.165, 1.54) is 18.9 Å². The predicted octanol–water partition coefficient (Wildman–Crippen LogP) is 4.40. The maximum absolute atomic E-state index is 11.8. The summed E-state index contributed by atoms with van der Waals surface area (Å²) >= 11 is 7.51. The highest BCUT2D eigenvalue weighted by molar-refractivity contribution is 7.99. The van der Waals surface area contributed by atoms with Crippen molar-refractivity contribution in [3.05, 3.63) is 58.1 Å². The van der Waals surface area contributed by atoms with Crippen LogP contribution < -0.4 is 0 Å². The molecule has 108 valence electrons. The van der Waals surface area contributed by atoms with Crippen LogP contribution in [0.15, 0.2) is 46.2 Å². The summed E-state index contributed by atoms with van der Waals surface area (Å²) in [6.07, 6.45) is 0.766. The lowest BCUT2D eigenvalue weighted by atomic mass is 10.1. The van der Waals surface area contributed by atoms with Crippen molar-refractivity contribution < 1.29 is 14.3 Å². The van der Waals surface area contributed by atoms with Crippen molar-refractivity contribution in [3.63, 3.8) is 0 Å². The van der Waals surface area contributed by atoms with Gasteiger partial charge in [-0.15, -0.1) is 0 Å². The number of methoxy groups -OCH3 is 1. The molecule has 0 saturated heterocycles. The molecule has 0 aliphatic carbocycles. The molecule has 0 aliphatic rings. The van der Waals surface area contributed by atoms with Gasteiger partial charge in [-0.05, 0) is 36.8 Å². The van der Waals surface area contributed by atoms with Gasteiger partial charge in [0.15, 0.2) is 6.29 Å². The molecule has 0 heterocycles. The van der Waals surface area contributed by atoms with Crippen LogP contribution in [-0.4, -0.2) is 19.4 Å². The van der Waals surface area contributed by atoms with Gasteiger partial charge in [0.25, 0.3) is 0 Å². The molecule has 2 aromatic rings. The van der Waals surface area contributed by atoms with Gasteiger partial charge in [-0.3, -0.25) is 4.79 Å². The van der Waals surface area contributed by atoms with E-state index in [2.05, 4.69) is 0 Å². The number of benzene rings is 2. The minimum Gasteiger partial charge on any atom is -0.465 e. The van der Waals surface area contributed by atoms with Gasteiger partial charge >= 0.3 is 5.97 Å². The summed E-state index contributed by atoms with van der Waals surface area (Å²) in [6, 6.07) is 10.6. The van der Waals surface area contributed by atoms with Gasteiger partial charge in [0, 0.05) is 15.4 Å². The first-order valence-corrected chi connectivity index (χ1v) is 7.36. The fourth-order valence-corrected chi connectivity index (χ4v) is 3.30. The van der Waals surface area contributed by atoms with E-state index in [0.717, 1.165) is 11.8 Å². The van der Waals surface area contributed by atoms with E-state index < -0.39 is 5.97 Å². The summed E-state index contributed by atoms with van der Waals surface area (Å²) in [6.45, 7) is 1.87. The number of carbonyl (C=O) groups is 2. The zero-order chi connectivity index (χ0) is 15.4. The lowest BCUT2D eigenvalue weighted by molar-refractivity contribution is 0.0596. The monoisotopic (exact) mass is 320 g/mol. The van der Waals surface area contributed by atoms with Crippen molar-refractivity contribution in [3.8, 4) is 0 Å².